The van der Waals surface area contributed by atoms with Crippen LogP contribution < -0.4 is 11.2 Å². The van der Waals surface area contributed by atoms with Crippen molar-refractivity contribution < 1.29 is 22.5 Å². The highest BCUT2D eigenvalue weighted by molar-refractivity contribution is 7.90. The number of rotatable bonds is 3. The van der Waals surface area contributed by atoms with Crippen LogP contribution in [0.2, 0.25) is 0 Å². The maximum Gasteiger partial charge on any atom is 0.491 e. The highest BCUT2D eigenvalue weighted by Gasteiger charge is 2.28. The molecule has 0 aliphatic carbocycles. The first-order chi connectivity index (χ1) is 10.4. The lowest BCUT2D eigenvalue weighted by Crippen LogP contribution is -2.28. The van der Waals surface area contributed by atoms with Gasteiger partial charge in [-0.15, -0.1) is 0 Å². The molecular formula is C14H13BFNO4S. The van der Waals surface area contributed by atoms with Crippen LogP contribution in [0.3, 0.4) is 0 Å². The SMILES string of the molecule is Nc1ccc(S(=O)(=O)Cc2ccc3c(c2)B(O)OC3)c(F)c1. The zero-order chi connectivity index (χ0) is 15.9. The predicted molar refractivity (Wildman–Crippen MR) is 80.5 cm³/mol. The van der Waals surface area contributed by atoms with Crippen molar-refractivity contribution in [2.24, 2.45) is 0 Å². The van der Waals surface area contributed by atoms with E-state index >= 15 is 0 Å². The molecule has 5 nitrogen and oxygen atoms in total. The fourth-order valence-corrected chi connectivity index (χ4v) is 3.83. The largest absolute Gasteiger partial charge is 0.491 e. The predicted octanol–water partition coefficient (Wildman–Crippen LogP) is 0.600. The Kier molecular flexibility index (Phi) is 3.68. The van der Waals surface area contributed by atoms with Gasteiger partial charge in [-0.1, -0.05) is 18.2 Å². The Morgan fingerprint density at radius 3 is 2.77 bits per heavy atom. The topological polar surface area (TPSA) is 89.6 Å². The third-order valence-corrected chi connectivity index (χ3v) is 5.24. The fourth-order valence-electron chi connectivity index (χ4n) is 2.42. The molecule has 0 saturated heterocycles. The first-order valence-corrected chi connectivity index (χ1v) is 8.21. The summed E-state index contributed by atoms with van der Waals surface area (Å²) in [7, 11) is -4.90. The van der Waals surface area contributed by atoms with Crippen molar-refractivity contribution >= 4 is 28.1 Å². The maximum absolute atomic E-state index is 13.8. The van der Waals surface area contributed by atoms with Gasteiger partial charge in [0.25, 0.3) is 0 Å². The first-order valence-electron chi connectivity index (χ1n) is 6.56. The van der Waals surface area contributed by atoms with Crippen LogP contribution in [0.25, 0.3) is 0 Å². The summed E-state index contributed by atoms with van der Waals surface area (Å²) in [6.07, 6.45) is 0. The summed E-state index contributed by atoms with van der Waals surface area (Å²) >= 11 is 0. The Bertz CT molecular complexity index is 841. The number of fused-ring (bicyclic) bond motifs is 1. The van der Waals surface area contributed by atoms with E-state index < -0.39 is 22.8 Å². The lowest BCUT2D eigenvalue weighted by atomic mass is 9.79. The van der Waals surface area contributed by atoms with E-state index in [1.54, 1.807) is 18.2 Å². The second-order valence-electron chi connectivity index (χ2n) is 5.15. The quantitative estimate of drug-likeness (QED) is 0.638. The van der Waals surface area contributed by atoms with Gasteiger partial charge >= 0.3 is 7.12 Å². The third kappa shape index (κ3) is 2.72. The molecule has 22 heavy (non-hydrogen) atoms. The molecule has 3 rings (SSSR count). The molecule has 2 aromatic carbocycles. The van der Waals surface area contributed by atoms with E-state index in [9.17, 15) is 17.8 Å². The van der Waals surface area contributed by atoms with Gasteiger partial charge in [0, 0.05) is 5.69 Å². The summed E-state index contributed by atoms with van der Waals surface area (Å²) in [5.74, 6) is -1.24. The van der Waals surface area contributed by atoms with E-state index in [1.165, 1.54) is 6.07 Å². The zero-order valence-electron chi connectivity index (χ0n) is 11.5. The van der Waals surface area contributed by atoms with Crippen molar-refractivity contribution in [1.82, 2.24) is 0 Å². The van der Waals surface area contributed by atoms with Crippen LogP contribution in [0.1, 0.15) is 11.1 Å². The molecule has 114 valence electrons. The molecule has 8 heteroatoms. The van der Waals surface area contributed by atoms with E-state index in [0.29, 0.717) is 11.0 Å². The van der Waals surface area contributed by atoms with Gasteiger partial charge in [0.05, 0.1) is 12.4 Å². The highest BCUT2D eigenvalue weighted by atomic mass is 32.2. The summed E-state index contributed by atoms with van der Waals surface area (Å²) in [4.78, 5) is -0.390. The van der Waals surface area contributed by atoms with Crippen molar-refractivity contribution in [3.8, 4) is 0 Å². The van der Waals surface area contributed by atoms with Crippen LogP contribution in [-0.2, 0) is 26.9 Å². The molecule has 3 N–H and O–H groups in total. The van der Waals surface area contributed by atoms with Crippen LogP contribution in [0.5, 0.6) is 0 Å². The van der Waals surface area contributed by atoms with Gasteiger partial charge in [-0.05, 0) is 34.8 Å². The van der Waals surface area contributed by atoms with Crippen molar-refractivity contribution in [3.63, 3.8) is 0 Å². The van der Waals surface area contributed by atoms with Crippen molar-refractivity contribution in [3.05, 3.63) is 53.3 Å². The number of hydrogen-bond donors (Lipinski definition) is 2. The molecule has 0 amide bonds. The Labute approximate surface area is 127 Å². The van der Waals surface area contributed by atoms with E-state index in [0.717, 1.165) is 17.7 Å². The summed E-state index contributed by atoms with van der Waals surface area (Å²) < 4.78 is 43.6. The van der Waals surface area contributed by atoms with Gasteiger partial charge in [0.2, 0.25) is 0 Å². The lowest BCUT2D eigenvalue weighted by Gasteiger charge is -2.08. The molecule has 0 saturated carbocycles. The second-order valence-corrected chi connectivity index (χ2v) is 7.10. The van der Waals surface area contributed by atoms with Gasteiger partial charge in [0.15, 0.2) is 9.84 Å². The van der Waals surface area contributed by atoms with Gasteiger partial charge in [-0.3, -0.25) is 0 Å². The van der Waals surface area contributed by atoms with Crippen LogP contribution in [0, 0.1) is 5.82 Å². The standard InChI is InChI=1S/C14H13BFNO4S/c16-13-6-11(17)3-4-14(13)22(19,20)8-9-1-2-10-7-21-15(18)12(10)5-9/h1-6,18H,7-8,17H2. The molecular weight excluding hydrogens is 308 g/mol. The second kappa shape index (κ2) is 5.38. The van der Waals surface area contributed by atoms with Crippen molar-refractivity contribution in [2.75, 3.05) is 5.73 Å². The minimum Gasteiger partial charge on any atom is -0.423 e. The molecule has 2 aromatic rings. The van der Waals surface area contributed by atoms with Crippen LogP contribution in [0.4, 0.5) is 10.1 Å². The monoisotopic (exact) mass is 321 g/mol. The number of nitrogen functional groups attached to an aromatic ring is 1. The van der Waals surface area contributed by atoms with Gasteiger partial charge in [-0.2, -0.15) is 0 Å². The molecule has 1 aliphatic rings. The number of anilines is 1. The maximum atomic E-state index is 13.8. The van der Waals surface area contributed by atoms with E-state index in [4.69, 9.17) is 10.4 Å². The zero-order valence-corrected chi connectivity index (χ0v) is 12.3. The normalized spacial score (nSPS) is 14.2. The first kappa shape index (κ1) is 15.0. The molecule has 0 aromatic heterocycles. The summed E-state index contributed by atoms with van der Waals surface area (Å²) in [6, 6.07) is 8.39. The van der Waals surface area contributed by atoms with Crippen LogP contribution in [0.15, 0.2) is 41.3 Å². The fraction of sp³-hybridized carbons (Fsp3) is 0.143. The highest BCUT2D eigenvalue weighted by Crippen LogP contribution is 2.22. The average molecular weight is 321 g/mol. The number of benzene rings is 2. The molecule has 0 radical (unpaired) electrons. The smallest absolute Gasteiger partial charge is 0.423 e. The van der Waals surface area contributed by atoms with Gasteiger partial charge in [-0.25, -0.2) is 12.8 Å². The Morgan fingerprint density at radius 2 is 2.05 bits per heavy atom. The molecule has 0 unspecified atom stereocenters. The molecule has 0 spiro atoms. The molecule has 1 heterocycles. The molecule has 0 fully saturated rings. The number of hydrogen-bond acceptors (Lipinski definition) is 5. The number of sulfone groups is 1. The minimum absolute atomic E-state index is 0.161. The molecule has 1 aliphatic heterocycles. The number of halogens is 1. The average Bonchev–Trinajstić information content (AvgIpc) is 2.79. The summed E-state index contributed by atoms with van der Waals surface area (Å²) in [6.45, 7) is 0.288. The third-order valence-electron chi connectivity index (χ3n) is 3.52. The summed E-state index contributed by atoms with van der Waals surface area (Å²) in [5.41, 5.74) is 7.40. The summed E-state index contributed by atoms with van der Waals surface area (Å²) in [5, 5.41) is 9.65. The van der Waals surface area contributed by atoms with Crippen molar-refractivity contribution in [2.45, 2.75) is 17.3 Å². The van der Waals surface area contributed by atoms with Crippen molar-refractivity contribution in [1.29, 1.82) is 0 Å². The van der Waals surface area contributed by atoms with E-state index in [2.05, 4.69) is 0 Å². The van der Waals surface area contributed by atoms with E-state index in [1.807, 2.05) is 0 Å². The van der Waals surface area contributed by atoms with E-state index in [-0.39, 0.29) is 22.9 Å². The Hall–Kier alpha value is -1.90. The Balaban J connectivity index is 1.93. The lowest BCUT2D eigenvalue weighted by molar-refractivity contribution is 0.275. The molecule has 0 bridgehead atoms. The Morgan fingerprint density at radius 1 is 1.27 bits per heavy atom. The van der Waals surface area contributed by atoms with Crippen LogP contribution in [-0.4, -0.2) is 20.6 Å². The minimum atomic E-state index is -3.85. The number of nitrogens with two attached hydrogens (primary N) is 1. The van der Waals surface area contributed by atoms with Gasteiger partial charge < -0.3 is 15.4 Å². The van der Waals surface area contributed by atoms with Gasteiger partial charge in [0.1, 0.15) is 10.7 Å². The molecule has 0 atom stereocenters. The van der Waals surface area contributed by atoms with Crippen LogP contribution >= 0.6 is 0 Å².